The fraction of sp³-hybridized carbons (Fsp3) is 0.222. The molecule has 1 aromatic heterocycles. The summed E-state index contributed by atoms with van der Waals surface area (Å²) in [6, 6.07) is 12.6. The maximum absolute atomic E-state index is 12.9. The van der Waals surface area contributed by atoms with Crippen LogP contribution >= 0.6 is 15.9 Å². The van der Waals surface area contributed by atoms with E-state index >= 15 is 0 Å². The van der Waals surface area contributed by atoms with Gasteiger partial charge in [-0.2, -0.15) is 0 Å². The summed E-state index contributed by atoms with van der Waals surface area (Å²) >= 11 is 3.43. The summed E-state index contributed by atoms with van der Waals surface area (Å²) < 4.78 is 2.35. The highest BCUT2D eigenvalue weighted by molar-refractivity contribution is 9.10. The molecule has 1 saturated heterocycles. The van der Waals surface area contributed by atoms with Crippen molar-refractivity contribution in [2.24, 2.45) is 0 Å². The summed E-state index contributed by atoms with van der Waals surface area (Å²) in [6.45, 7) is 1.49. The topological polar surface area (TPSA) is 42.3 Å². The average Bonchev–Trinajstić information content (AvgIpc) is 3.07. The SMILES string of the molecule is O=C(/C(=C/c1cccc(Br)c1)n1ccccc1=O)N1CCCC1. The number of hydrogen-bond acceptors (Lipinski definition) is 2. The van der Waals surface area contributed by atoms with E-state index in [9.17, 15) is 9.59 Å². The van der Waals surface area contributed by atoms with Gasteiger partial charge < -0.3 is 4.90 Å². The Morgan fingerprint density at radius 1 is 1.09 bits per heavy atom. The highest BCUT2D eigenvalue weighted by atomic mass is 79.9. The quantitative estimate of drug-likeness (QED) is 0.776. The van der Waals surface area contributed by atoms with E-state index in [0.717, 1.165) is 36.0 Å². The largest absolute Gasteiger partial charge is 0.337 e. The van der Waals surface area contributed by atoms with Crippen molar-refractivity contribution in [3.8, 4) is 0 Å². The first kappa shape index (κ1) is 15.7. The number of rotatable bonds is 3. The van der Waals surface area contributed by atoms with Crippen LogP contribution in [0.3, 0.4) is 0 Å². The Bertz CT molecular complexity index is 804. The molecule has 0 atom stereocenters. The lowest BCUT2D eigenvalue weighted by molar-refractivity contribution is -0.124. The number of pyridine rings is 1. The standard InChI is InChI=1S/C18H17BrN2O2/c19-15-7-5-6-14(12-15)13-16(18(23)20-9-3-4-10-20)21-11-2-1-8-17(21)22/h1-2,5-8,11-13H,3-4,9-10H2/b16-13-. The number of benzene rings is 1. The molecule has 2 aromatic rings. The number of aromatic nitrogens is 1. The van der Waals surface area contributed by atoms with Gasteiger partial charge in [-0.1, -0.05) is 34.1 Å². The fourth-order valence-corrected chi connectivity index (χ4v) is 3.11. The zero-order valence-electron chi connectivity index (χ0n) is 12.6. The van der Waals surface area contributed by atoms with Crippen molar-refractivity contribution in [2.45, 2.75) is 12.8 Å². The van der Waals surface area contributed by atoms with Crippen molar-refractivity contribution in [1.29, 1.82) is 0 Å². The van der Waals surface area contributed by atoms with E-state index in [1.165, 1.54) is 10.6 Å². The second-order valence-electron chi connectivity index (χ2n) is 5.49. The van der Waals surface area contributed by atoms with Crippen LogP contribution in [0.2, 0.25) is 0 Å². The molecule has 118 valence electrons. The monoisotopic (exact) mass is 372 g/mol. The summed E-state index contributed by atoms with van der Waals surface area (Å²) in [5.74, 6) is -0.101. The van der Waals surface area contributed by atoms with Crippen LogP contribution in [0.5, 0.6) is 0 Å². The lowest BCUT2D eigenvalue weighted by Gasteiger charge is -2.18. The van der Waals surface area contributed by atoms with Crippen LogP contribution in [0.1, 0.15) is 18.4 Å². The number of nitrogens with zero attached hydrogens (tertiary/aromatic N) is 2. The number of amides is 1. The van der Waals surface area contributed by atoms with Crippen LogP contribution in [0.15, 0.2) is 57.9 Å². The second kappa shape index (κ2) is 6.96. The lowest BCUT2D eigenvalue weighted by atomic mass is 10.1. The van der Waals surface area contributed by atoms with E-state index in [1.807, 2.05) is 29.2 Å². The Hall–Kier alpha value is -2.14. The van der Waals surface area contributed by atoms with E-state index in [-0.39, 0.29) is 11.5 Å². The molecular formula is C18H17BrN2O2. The molecular weight excluding hydrogens is 356 g/mol. The Morgan fingerprint density at radius 3 is 2.57 bits per heavy atom. The molecule has 3 rings (SSSR count). The van der Waals surface area contributed by atoms with Crippen LogP contribution in [0, 0.1) is 0 Å². The third-order valence-electron chi connectivity index (χ3n) is 3.85. The van der Waals surface area contributed by atoms with E-state index in [2.05, 4.69) is 15.9 Å². The summed E-state index contributed by atoms with van der Waals surface area (Å²) in [5.41, 5.74) is 1.05. The summed E-state index contributed by atoms with van der Waals surface area (Å²) in [6.07, 6.45) is 5.44. The van der Waals surface area contributed by atoms with Gasteiger partial charge in [0.2, 0.25) is 0 Å². The van der Waals surface area contributed by atoms with Crippen LogP contribution < -0.4 is 5.56 Å². The first-order chi connectivity index (χ1) is 11.1. The molecule has 1 fully saturated rings. The number of hydrogen-bond donors (Lipinski definition) is 0. The summed E-state index contributed by atoms with van der Waals surface area (Å²) in [4.78, 5) is 26.9. The Morgan fingerprint density at radius 2 is 1.87 bits per heavy atom. The summed E-state index contributed by atoms with van der Waals surface area (Å²) in [7, 11) is 0. The molecule has 1 aromatic carbocycles. The van der Waals surface area contributed by atoms with Gasteiger partial charge in [0.1, 0.15) is 5.70 Å². The van der Waals surface area contributed by atoms with Crippen LogP contribution in [-0.2, 0) is 4.79 Å². The maximum atomic E-state index is 12.9. The average molecular weight is 373 g/mol. The molecule has 0 unspecified atom stereocenters. The lowest BCUT2D eigenvalue weighted by Crippen LogP contribution is -2.33. The predicted octanol–water partition coefficient (Wildman–Crippen LogP) is 3.23. The zero-order chi connectivity index (χ0) is 16.2. The van der Waals surface area contributed by atoms with Crippen LogP contribution in [0.25, 0.3) is 11.8 Å². The molecule has 5 heteroatoms. The molecule has 1 aliphatic heterocycles. The molecule has 0 bridgehead atoms. The third kappa shape index (κ3) is 3.62. The van der Waals surface area contributed by atoms with Crippen molar-refractivity contribution in [3.63, 3.8) is 0 Å². The smallest absolute Gasteiger partial charge is 0.270 e. The predicted molar refractivity (Wildman–Crippen MR) is 94.8 cm³/mol. The third-order valence-corrected chi connectivity index (χ3v) is 4.34. The molecule has 4 nitrogen and oxygen atoms in total. The van der Waals surface area contributed by atoms with Crippen LogP contribution in [-0.4, -0.2) is 28.5 Å². The van der Waals surface area contributed by atoms with Crippen molar-refractivity contribution >= 4 is 33.6 Å². The molecule has 1 aliphatic rings. The first-order valence-electron chi connectivity index (χ1n) is 7.60. The zero-order valence-corrected chi connectivity index (χ0v) is 14.2. The molecule has 0 saturated carbocycles. The molecule has 0 aliphatic carbocycles. The first-order valence-corrected chi connectivity index (χ1v) is 8.39. The molecule has 1 amide bonds. The van der Waals surface area contributed by atoms with Gasteiger partial charge in [0.15, 0.2) is 0 Å². The molecule has 0 radical (unpaired) electrons. The van der Waals surface area contributed by atoms with Gasteiger partial charge in [0.25, 0.3) is 11.5 Å². The molecule has 2 heterocycles. The Balaban J connectivity index is 2.08. The molecule has 23 heavy (non-hydrogen) atoms. The van der Waals surface area contributed by atoms with E-state index in [0.29, 0.717) is 5.70 Å². The van der Waals surface area contributed by atoms with Crippen molar-refractivity contribution in [2.75, 3.05) is 13.1 Å². The van der Waals surface area contributed by atoms with Crippen molar-refractivity contribution in [1.82, 2.24) is 9.47 Å². The van der Waals surface area contributed by atoms with E-state index in [4.69, 9.17) is 0 Å². The second-order valence-corrected chi connectivity index (χ2v) is 6.41. The van der Waals surface area contributed by atoms with Gasteiger partial charge in [-0.15, -0.1) is 0 Å². The van der Waals surface area contributed by atoms with Crippen molar-refractivity contribution in [3.05, 3.63) is 69.1 Å². The molecule has 0 N–H and O–H groups in total. The Labute approximate surface area is 143 Å². The fourth-order valence-electron chi connectivity index (χ4n) is 2.70. The number of halogens is 1. The van der Waals surface area contributed by atoms with Gasteiger partial charge in [0, 0.05) is 29.8 Å². The summed E-state index contributed by atoms with van der Waals surface area (Å²) in [5, 5.41) is 0. The van der Waals surface area contributed by atoms with Crippen molar-refractivity contribution < 1.29 is 4.79 Å². The minimum atomic E-state index is -0.207. The minimum Gasteiger partial charge on any atom is -0.337 e. The van der Waals surface area contributed by atoms with Gasteiger partial charge in [-0.05, 0) is 42.7 Å². The van der Waals surface area contributed by atoms with Gasteiger partial charge in [-0.25, -0.2) is 0 Å². The number of likely N-dealkylation sites (tertiary alicyclic amines) is 1. The van der Waals surface area contributed by atoms with E-state index < -0.39 is 0 Å². The highest BCUT2D eigenvalue weighted by Gasteiger charge is 2.23. The maximum Gasteiger partial charge on any atom is 0.270 e. The number of carbonyl (C=O) groups is 1. The van der Waals surface area contributed by atoms with Crippen LogP contribution in [0.4, 0.5) is 0 Å². The van der Waals surface area contributed by atoms with E-state index in [1.54, 1.807) is 24.4 Å². The minimum absolute atomic E-state index is 0.101. The van der Waals surface area contributed by atoms with Gasteiger partial charge in [-0.3, -0.25) is 14.2 Å². The van der Waals surface area contributed by atoms with Gasteiger partial charge >= 0.3 is 0 Å². The highest BCUT2D eigenvalue weighted by Crippen LogP contribution is 2.19. The normalized spacial score (nSPS) is 15.0. The molecule has 0 spiro atoms. The van der Waals surface area contributed by atoms with Gasteiger partial charge in [0.05, 0.1) is 0 Å². The number of carbonyl (C=O) groups excluding carboxylic acids is 1. The Kier molecular flexibility index (Phi) is 4.76.